The molecule has 1 unspecified atom stereocenters. The minimum absolute atomic E-state index is 0.120. The Morgan fingerprint density at radius 1 is 1.44 bits per heavy atom. The van der Waals surface area contributed by atoms with E-state index >= 15 is 0 Å². The van der Waals surface area contributed by atoms with Gasteiger partial charge in [-0.2, -0.15) is 0 Å². The lowest BCUT2D eigenvalue weighted by atomic mass is 9.95. The van der Waals surface area contributed by atoms with Gasteiger partial charge in [-0.05, 0) is 25.8 Å². The number of hydrogen-bond donors (Lipinski definition) is 1. The number of rotatable bonds is 4. The first-order valence-electron chi connectivity index (χ1n) is 5.72. The van der Waals surface area contributed by atoms with Gasteiger partial charge in [0.15, 0.2) is 0 Å². The topological polar surface area (TPSA) is 72.2 Å². The van der Waals surface area contributed by atoms with Crippen LogP contribution in [0.25, 0.3) is 0 Å². The van der Waals surface area contributed by atoms with E-state index in [1.807, 2.05) is 0 Å². The van der Waals surface area contributed by atoms with Crippen LogP contribution in [0.4, 0.5) is 0 Å². The van der Waals surface area contributed by atoms with Gasteiger partial charge in [-0.3, -0.25) is 14.9 Å². The normalized spacial score (nSPS) is 19.6. The molecule has 16 heavy (non-hydrogen) atoms. The molecule has 0 radical (unpaired) electrons. The fraction of sp³-hybridized carbons (Fsp3) is 0.727. The fourth-order valence-corrected chi connectivity index (χ4v) is 1.87. The van der Waals surface area contributed by atoms with E-state index in [2.05, 4.69) is 5.32 Å². The van der Waals surface area contributed by atoms with Crippen molar-refractivity contribution in [3.05, 3.63) is 22.4 Å². The quantitative estimate of drug-likeness (QED) is 0.587. The van der Waals surface area contributed by atoms with Gasteiger partial charge in [-0.25, -0.2) is 0 Å². The molecule has 1 fully saturated rings. The van der Waals surface area contributed by atoms with Crippen molar-refractivity contribution in [2.75, 3.05) is 0 Å². The van der Waals surface area contributed by atoms with E-state index in [1.165, 1.54) is 12.5 Å². The summed E-state index contributed by atoms with van der Waals surface area (Å²) in [6.45, 7) is 1.66. The van der Waals surface area contributed by atoms with E-state index in [-0.39, 0.29) is 11.9 Å². The Hall–Kier alpha value is -1.39. The summed E-state index contributed by atoms with van der Waals surface area (Å²) in [5, 5.41) is 13.0. The Bertz CT molecular complexity index is 283. The second-order valence-corrected chi connectivity index (χ2v) is 4.26. The molecule has 1 rings (SSSR count). The maximum absolute atomic E-state index is 11.6. The second kappa shape index (κ2) is 6.25. The van der Waals surface area contributed by atoms with Gasteiger partial charge in [-0.15, -0.1) is 0 Å². The molecule has 1 saturated carbocycles. The molecule has 0 bridgehead atoms. The summed E-state index contributed by atoms with van der Waals surface area (Å²) in [4.78, 5) is 21.2. The predicted molar refractivity (Wildman–Crippen MR) is 60.3 cm³/mol. The van der Waals surface area contributed by atoms with Crippen molar-refractivity contribution >= 4 is 5.91 Å². The number of carbonyl (C=O) groups excluding carboxylic acids is 1. The van der Waals surface area contributed by atoms with Crippen molar-refractivity contribution in [1.82, 2.24) is 5.32 Å². The molecule has 0 saturated heterocycles. The summed E-state index contributed by atoms with van der Waals surface area (Å²) < 4.78 is 0. The maximum Gasteiger partial charge on any atom is 0.231 e. The van der Waals surface area contributed by atoms with Crippen LogP contribution in [0.15, 0.2) is 12.3 Å². The average Bonchev–Trinajstić information content (AvgIpc) is 2.27. The Morgan fingerprint density at radius 2 is 2.06 bits per heavy atom. The largest absolute Gasteiger partial charge is 0.353 e. The molecule has 0 aromatic rings. The molecule has 0 heterocycles. The number of amides is 1. The molecule has 5 heteroatoms. The minimum Gasteiger partial charge on any atom is -0.353 e. The molecule has 5 nitrogen and oxygen atoms in total. The number of hydrogen-bond acceptors (Lipinski definition) is 3. The molecule has 1 N–H and O–H groups in total. The van der Waals surface area contributed by atoms with Crippen LogP contribution >= 0.6 is 0 Å². The van der Waals surface area contributed by atoms with Crippen LogP contribution in [0.2, 0.25) is 0 Å². The van der Waals surface area contributed by atoms with Crippen LogP contribution in [0.3, 0.4) is 0 Å². The number of nitrogens with zero attached hydrogens (tertiary/aromatic N) is 1. The molecule has 1 amide bonds. The third-order valence-electron chi connectivity index (χ3n) is 2.86. The van der Waals surface area contributed by atoms with Gasteiger partial charge in [0.1, 0.15) is 0 Å². The Labute approximate surface area is 95.1 Å². The number of carbonyl (C=O) groups is 1. The average molecular weight is 226 g/mol. The number of nitrogens with one attached hydrogen (secondary N) is 1. The van der Waals surface area contributed by atoms with E-state index in [0.717, 1.165) is 31.9 Å². The van der Waals surface area contributed by atoms with Crippen LogP contribution in [0.5, 0.6) is 0 Å². The molecular weight excluding hydrogens is 208 g/mol. The lowest BCUT2D eigenvalue weighted by Gasteiger charge is -2.23. The monoisotopic (exact) mass is 226 g/mol. The second-order valence-electron chi connectivity index (χ2n) is 4.26. The number of nitro groups is 1. The first-order chi connectivity index (χ1) is 7.59. The predicted octanol–water partition coefficient (Wildman–Crippen LogP) is 1.86. The lowest BCUT2D eigenvalue weighted by Crippen LogP contribution is -2.38. The van der Waals surface area contributed by atoms with Crippen molar-refractivity contribution in [3.63, 3.8) is 0 Å². The van der Waals surface area contributed by atoms with Crippen LogP contribution in [-0.2, 0) is 4.79 Å². The summed E-state index contributed by atoms with van der Waals surface area (Å²) in [6.07, 6.45) is 7.75. The van der Waals surface area contributed by atoms with Gasteiger partial charge in [0.25, 0.3) is 0 Å². The highest BCUT2D eigenvalue weighted by Crippen LogP contribution is 2.17. The van der Waals surface area contributed by atoms with Gasteiger partial charge in [0.2, 0.25) is 12.1 Å². The van der Waals surface area contributed by atoms with Crippen LogP contribution in [0.1, 0.15) is 39.0 Å². The molecule has 1 aliphatic rings. The van der Waals surface area contributed by atoms with E-state index < -0.39 is 10.8 Å². The molecule has 0 aliphatic heterocycles. The van der Waals surface area contributed by atoms with Crippen molar-refractivity contribution in [2.24, 2.45) is 5.92 Å². The molecular formula is C11H18N2O3. The summed E-state index contributed by atoms with van der Waals surface area (Å²) >= 11 is 0. The van der Waals surface area contributed by atoms with Gasteiger partial charge in [-0.1, -0.05) is 19.3 Å². The van der Waals surface area contributed by atoms with Gasteiger partial charge < -0.3 is 5.32 Å². The van der Waals surface area contributed by atoms with Crippen LogP contribution in [-0.4, -0.2) is 16.9 Å². The van der Waals surface area contributed by atoms with Crippen molar-refractivity contribution in [3.8, 4) is 0 Å². The van der Waals surface area contributed by atoms with Crippen molar-refractivity contribution in [1.29, 1.82) is 0 Å². The summed E-state index contributed by atoms with van der Waals surface area (Å²) in [5.41, 5.74) is 0. The standard InChI is InChI=1S/C11H18N2O3/c1-9(7-8-13(15)16)11(14)12-10-5-3-2-4-6-10/h7-10H,2-6H2,1H3,(H,12,14). The SMILES string of the molecule is CC(C=C[N+](=O)[O-])C(=O)NC1CCCCC1. The third kappa shape index (κ3) is 4.42. The molecule has 1 atom stereocenters. The first kappa shape index (κ1) is 12.7. The lowest BCUT2D eigenvalue weighted by molar-refractivity contribution is -0.402. The van der Waals surface area contributed by atoms with E-state index in [4.69, 9.17) is 0 Å². The summed E-state index contributed by atoms with van der Waals surface area (Å²) in [7, 11) is 0. The van der Waals surface area contributed by atoms with Crippen LogP contribution in [0, 0.1) is 16.0 Å². The highest BCUT2D eigenvalue weighted by atomic mass is 16.6. The molecule has 0 aromatic heterocycles. The minimum atomic E-state index is -0.551. The molecule has 90 valence electrons. The zero-order valence-electron chi connectivity index (χ0n) is 9.52. The zero-order valence-corrected chi connectivity index (χ0v) is 9.52. The highest BCUT2D eigenvalue weighted by Gasteiger charge is 2.18. The fourth-order valence-electron chi connectivity index (χ4n) is 1.87. The maximum atomic E-state index is 11.6. The zero-order chi connectivity index (χ0) is 12.0. The van der Waals surface area contributed by atoms with Crippen LogP contribution < -0.4 is 5.32 Å². The van der Waals surface area contributed by atoms with E-state index in [9.17, 15) is 14.9 Å². The highest BCUT2D eigenvalue weighted by molar-refractivity contribution is 5.80. The molecule has 0 spiro atoms. The Kier molecular flexibility index (Phi) is 4.95. The Balaban J connectivity index is 2.35. The van der Waals surface area contributed by atoms with Crippen molar-refractivity contribution < 1.29 is 9.72 Å². The van der Waals surface area contributed by atoms with Gasteiger partial charge in [0.05, 0.1) is 10.8 Å². The van der Waals surface area contributed by atoms with Crippen molar-refractivity contribution in [2.45, 2.75) is 45.1 Å². The van der Waals surface area contributed by atoms with Gasteiger partial charge >= 0.3 is 0 Å². The van der Waals surface area contributed by atoms with Gasteiger partial charge in [0, 0.05) is 6.04 Å². The Morgan fingerprint density at radius 3 is 2.62 bits per heavy atom. The van der Waals surface area contributed by atoms with E-state index in [1.54, 1.807) is 6.92 Å². The molecule has 1 aliphatic carbocycles. The molecule has 0 aromatic carbocycles. The van der Waals surface area contributed by atoms with E-state index in [0.29, 0.717) is 0 Å². The first-order valence-corrected chi connectivity index (χ1v) is 5.72. The summed E-state index contributed by atoms with van der Waals surface area (Å²) in [5.74, 6) is -0.558. The summed E-state index contributed by atoms with van der Waals surface area (Å²) in [6, 6.07) is 0.257. The third-order valence-corrected chi connectivity index (χ3v) is 2.86. The smallest absolute Gasteiger partial charge is 0.231 e.